The van der Waals surface area contributed by atoms with E-state index in [4.69, 9.17) is 17.3 Å². The lowest BCUT2D eigenvalue weighted by Gasteiger charge is -2.31. The van der Waals surface area contributed by atoms with Crippen molar-refractivity contribution >= 4 is 17.5 Å². The minimum absolute atomic E-state index is 0.0459. The van der Waals surface area contributed by atoms with E-state index in [1.54, 1.807) is 0 Å². The molecule has 1 aliphatic carbocycles. The van der Waals surface area contributed by atoms with Gasteiger partial charge in [0.15, 0.2) is 0 Å². The first-order chi connectivity index (χ1) is 11.1. The van der Waals surface area contributed by atoms with E-state index in [1.165, 1.54) is 0 Å². The maximum atomic E-state index is 12.7. The van der Waals surface area contributed by atoms with Gasteiger partial charge in [0.25, 0.3) is 5.91 Å². The van der Waals surface area contributed by atoms with Crippen molar-refractivity contribution in [1.82, 2.24) is 5.32 Å². The summed E-state index contributed by atoms with van der Waals surface area (Å²) < 4.78 is 0. The zero-order valence-corrected chi connectivity index (χ0v) is 13.8. The van der Waals surface area contributed by atoms with Crippen molar-refractivity contribution in [2.75, 3.05) is 0 Å². The first-order valence-electron chi connectivity index (χ1n) is 8.00. The molecule has 1 aliphatic rings. The molecule has 1 amide bonds. The van der Waals surface area contributed by atoms with Crippen LogP contribution in [0.2, 0.25) is 5.02 Å². The predicted octanol–water partition coefficient (Wildman–Crippen LogP) is 4.00. The standard InChI is InChI=1S/C19H21ClN2O/c20-17-5-3-4-16(12-17)19(10-1-2-11-19)22-18(23)15-8-6-14(13-21)7-9-15/h3-9,12H,1-2,10-11,13,21H2,(H,22,23). The summed E-state index contributed by atoms with van der Waals surface area (Å²) in [6, 6.07) is 15.3. The minimum Gasteiger partial charge on any atom is -0.343 e. The summed E-state index contributed by atoms with van der Waals surface area (Å²) in [5, 5.41) is 3.96. The summed E-state index contributed by atoms with van der Waals surface area (Å²) in [6.45, 7) is 0.481. The van der Waals surface area contributed by atoms with Gasteiger partial charge in [0.1, 0.15) is 0 Å². The van der Waals surface area contributed by atoms with E-state index in [9.17, 15) is 4.79 Å². The number of hydrogen-bond acceptors (Lipinski definition) is 2. The highest BCUT2D eigenvalue weighted by Gasteiger charge is 2.37. The first kappa shape index (κ1) is 16.0. The van der Waals surface area contributed by atoms with Gasteiger partial charge in [-0.1, -0.05) is 48.7 Å². The number of carbonyl (C=O) groups is 1. The van der Waals surface area contributed by atoms with Crippen molar-refractivity contribution in [1.29, 1.82) is 0 Å². The molecule has 4 heteroatoms. The van der Waals surface area contributed by atoms with Crippen molar-refractivity contribution in [3.05, 3.63) is 70.2 Å². The topological polar surface area (TPSA) is 55.1 Å². The summed E-state index contributed by atoms with van der Waals surface area (Å²) in [5.74, 6) is -0.0459. The van der Waals surface area contributed by atoms with Crippen LogP contribution in [0.5, 0.6) is 0 Å². The van der Waals surface area contributed by atoms with E-state index in [0.29, 0.717) is 17.1 Å². The molecule has 3 nitrogen and oxygen atoms in total. The molecular formula is C19H21ClN2O. The van der Waals surface area contributed by atoms with Gasteiger partial charge in [-0.2, -0.15) is 0 Å². The number of benzene rings is 2. The van der Waals surface area contributed by atoms with Crippen LogP contribution in [0.1, 0.15) is 47.2 Å². The van der Waals surface area contributed by atoms with Crippen molar-refractivity contribution < 1.29 is 4.79 Å². The van der Waals surface area contributed by atoms with Crippen molar-refractivity contribution in [3.8, 4) is 0 Å². The Labute approximate surface area is 141 Å². The number of hydrogen-bond donors (Lipinski definition) is 2. The molecule has 23 heavy (non-hydrogen) atoms. The molecule has 1 saturated carbocycles. The highest BCUT2D eigenvalue weighted by molar-refractivity contribution is 6.30. The van der Waals surface area contributed by atoms with Crippen LogP contribution in [0.4, 0.5) is 0 Å². The highest BCUT2D eigenvalue weighted by Crippen LogP contribution is 2.39. The number of nitrogens with two attached hydrogens (primary N) is 1. The van der Waals surface area contributed by atoms with Gasteiger partial charge in [0.2, 0.25) is 0 Å². The Morgan fingerprint density at radius 1 is 1.13 bits per heavy atom. The summed E-state index contributed by atoms with van der Waals surface area (Å²) in [7, 11) is 0. The summed E-state index contributed by atoms with van der Waals surface area (Å²) in [5.41, 5.74) is 8.07. The monoisotopic (exact) mass is 328 g/mol. The molecule has 0 saturated heterocycles. The second-order valence-electron chi connectivity index (χ2n) is 6.15. The summed E-state index contributed by atoms with van der Waals surface area (Å²) >= 11 is 6.15. The Hall–Kier alpha value is -1.84. The fourth-order valence-electron chi connectivity index (χ4n) is 3.33. The van der Waals surface area contributed by atoms with Crippen LogP contribution < -0.4 is 11.1 Å². The number of carbonyl (C=O) groups excluding carboxylic acids is 1. The Balaban J connectivity index is 1.85. The van der Waals surface area contributed by atoms with Gasteiger partial charge in [-0.15, -0.1) is 0 Å². The fourth-order valence-corrected chi connectivity index (χ4v) is 3.52. The SMILES string of the molecule is NCc1ccc(C(=O)NC2(c3cccc(Cl)c3)CCCC2)cc1. The van der Waals surface area contributed by atoms with Gasteiger partial charge < -0.3 is 11.1 Å². The minimum atomic E-state index is -0.311. The zero-order chi connectivity index (χ0) is 16.3. The largest absolute Gasteiger partial charge is 0.343 e. The quantitative estimate of drug-likeness (QED) is 0.891. The number of amides is 1. The fraction of sp³-hybridized carbons (Fsp3) is 0.316. The molecule has 2 aromatic carbocycles. The normalized spacial score (nSPS) is 16.3. The van der Waals surface area contributed by atoms with Gasteiger partial charge in [-0.05, 0) is 48.2 Å². The van der Waals surface area contributed by atoms with E-state index in [2.05, 4.69) is 11.4 Å². The molecular weight excluding hydrogens is 308 g/mol. The maximum Gasteiger partial charge on any atom is 0.251 e. The third-order valence-electron chi connectivity index (χ3n) is 4.64. The lowest BCUT2D eigenvalue weighted by molar-refractivity contribution is 0.0898. The molecule has 0 aliphatic heterocycles. The molecule has 0 heterocycles. The average molecular weight is 329 g/mol. The maximum absolute atomic E-state index is 12.7. The average Bonchev–Trinajstić information content (AvgIpc) is 3.04. The summed E-state index contributed by atoms with van der Waals surface area (Å²) in [4.78, 5) is 12.7. The van der Waals surface area contributed by atoms with Crippen LogP contribution >= 0.6 is 11.6 Å². The van der Waals surface area contributed by atoms with Crippen LogP contribution in [0.25, 0.3) is 0 Å². The third kappa shape index (κ3) is 3.41. The molecule has 1 fully saturated rings. The predicted molar refractivity (Wildman–Crippen MR) is 93.4 cm³/mol. The Morgan fingerprint density at radius 2 is 1.83 bits per heavy atom. The molecule has 3 N–H and O–H groups in total. The zero-order valence-electron chi connectivity index (χ0n) is 13.0. The Bertz CT molecular complexity index is 691. The molecule has 0 spiro atoms. The second kappa shape index (κ2) is 6.73. The van der Waals surface area contributed by atoms with Crippen LogP contribution in [-0.2, 0) is 12.1 Å². The lowest BCUT2D eigenvalue weighted by atomic mass is 9.87. The molecule has 0 radical (unpaired) electrons. The van der Waals surface area contributed by atoms with Crippen LogP contribution in [-0.4, -0.2) is 5.91 Å². The number of halogens is 1. The van der Waals surface area contributed by atoms with E-state index < -0.39 is 0 Å². The molecule has 120 valence electrons. The van der Waals surface area contributed by atoms with Gasteiger partial charge in [-0.25, -0.2) is 0 Å². The summed E-state index contributed by atoms with van der Waals surface area (Å²) in [6.07, 6.45) is 4.11. The smallest absolute Gasteiger partial charge is 0.251 e. The van der Waals surface area contributed by atoms with Crippen LogP contribution in [0.3, 0.4) is 0 Å². The third-order valence-corrected chi connectivity index (χ3v) is 4.87. The Morgan fingerprint density at radius 3 is 2.43 bits per heavy atom. The molecule has 0 aromatic heterocycles. The number of rotatable bonds is 4. The molecule has 2 aromatic rings. The number of nitrogens with one attached hydrogen (secondary N) is 1. The van der Waals surface area contributed by atoms with Crippen LogP contribution in [0, 0.1) is 0 Å². The van der Waals surface area contributed by atoms with E-state index in [0.717, 1.165) is 36.8 Å². The molecule has 3 rings (SSSR count). The lowest BCUT2D eigenvalue weighted by Crippen LogP contribution is -2.43. The molecule has 0 unspecified atom stereocenters. The Kier molecular flexibility index (Phi) is 4.69. The van der Waals surface area contributed by atoms with Crippen molar-refractivity contribution in [2.24, 2.45) is 5.73 Å². The van der Waals surface area contributed by atoms with Gasteiger partial charge >= 0.3 is 0 Å². The second-order valence-corrected chi connectivity index (χ2v) is 6.59. The van der Waals surface area contributed by atoms with Crippen molar-refractivity contribution in [3.63, 3.8) is 0 Å². The van der Waals surface area contributed by atoms with Gasteiger partial charge in [0.05, 0.1) is 5.54 Å². The van der Waals surface area contributed by atoms with Crippen LogP contribution in [0.15, 0.2) is 48.5 Å². The van der Waals surface area contributed by atoms with Crippen molar-refractivity contribution in [2.45, 2.75) is 37.8 Å². The van der Waals surface area contributed by atoms with Gasteiger partial charge in [-0.3, -0.25) is 4.79 Å². The first-order valence-corrected chi connectivity index (χ1v) is 8.38. The van der Waals surface area contributed by atoms with Gasteiger partial charge in [0, 0.05) is 17.1 Å². The molecule has 0 bridgehead atoms. The highest BCUT2D eigenvalue weighted by atomic mass is 35.5. The van der Waals surface area contributed by atoms with E-state index in [1.807, 2.05) is 42.5 Å². The van der Waals surface area contributed by atoms with E-state index >= 15 is 0 Å². The van der Waals surface area contributed by atoms with E-state index in [-0.39, 0.29) is 11.4 Å². The molecule has 0 atom stereocenters.